The van der Waals surface area contributed by atoms with Crippen LogP contribution in [0.2, 0.25) is 0 Å². The third kappa shape index (κ3) is 1.21. The first kappa shape index (κ1) is 7.34. The van der Waals surface area contributed by atoms with Gasteiger partial charge in [0.1, 0.15) is 0 Å². The first-order valence-electron chi connectivity index (χ1n) is 3.42. The van der Waals surface area contributed by atoms with Crippen molar-refractivity contribution in [2.75, 3.05) is 34.2 Å². The van der Waals surface area contributed by atoms with Gasteiger partial charge in [0.15, 0.2) is 0 Å². The Hall–Kier alpha value is -0.770. The maximum absolute atomic E-state index is 4.29. The highest BCUT2D eigenvalue weighted by molar-refractivity contribution is 5.80. The summed E-state index contributed by atoms with van der Waals surface area (Å²) in [6.07, 6.45) is 0. The van der Waals surface area contributed by atoms with Gasteiger partial charge in [-0.3, -0.25) is 10.0 Å². The molecule has 0 aliphatic carbocycles. The van der Waals surface area contributed by atoms with Crippen LogP contribution in [0.3, 0.4) is 0 Å². The van der Waals surface area contributed by atoms with E-state index in [2.05, 4.69) is 15.3 Å². The summed E-state index contributed by atoms with van der Waals surface area (Å²) in [6, 6.07) is 0. The molecule has 4 heteroatoms. The zero-order valence-corrected chi connectivity index (χ0v) is 6.76. The van der Waals surface area contributed by atoms with Gasteiger partial charge in [0.25, 0.3) is 0 Å². The molecule has 1 N–H and O–H groups in total. The molecule has 58 valence electrons. The zero-order chi connectivity index (χ0) is 7.56. The van der Waals surface area contributed by atoms with Crippen LogP contribution in [0, 0.1) is 0 Å². The molecule has 4 nitrogen and oxygen atoms in total. The van der Waals surface area contributed by atoms with E-state index in [1.807, 2.05) is 26.2 Å². The summed E-state index contributed by atoms with van der Waals surface area (Å²) in [5, 5.41) is 1.91. The molecule has 0 unspecified atom stereocenters. The van der Waals surface area contributed by atoms with E-state index < -0.39 is 0 Å². The van der Waals surface area contributed by atoms with Crippen LogP contribution in [-0.2, 0) is 0 Å². The fourth-order valence-corrected chi connectivity index (χ4v) is 0.983. The summed E-state index contributed by atoms with van der Waals surface area (Å²) in [6.45, 7) is 1.94. The van der Waals surface area contributed by atoms with Crippen LogP contribution in [0.4, 0.5) is 0 Å². The number of likely N-dealkylation sites (N-methyl/N-ethyl adjacent to an activating group) is 1. The van der Waals surface area contributed by atoms with Crippen molar-refractivity contribution < 1.29 is 0 Å². The third-order valence-electron chi connectivity index (χ3n) is 1.67. The second-order valence-corrected chi connectivity index (χ2v) is 2.39. The van der Waals surface area contributed by atoms with Gasteiger partial charge in [0, 0.05) is 27.7 Å². The number of aliphatic imine (C=N–C) groups is 1. The second-order valence-electron chi connectivity index (χ2n) is 2.39. The van der Waals surface area contributed by atoms with Crippen LogP contribution in [-0.4, -0.2) is 50.1 Å². The average Bonchev–Trinajstić information content (AvgIpc) is 2.34. The number of guanidine groups is 1. The van der Waals surface area contributed by atoms with E-state index in [1.54, 1.807) is 0 Å². The Balaban J connectivity index is 2.53. The van der Waals surface area contributed by atoms with Gasteiger partial charge in [-0.2, -0.15) is 0 Å². The maximum Gasteiger partial charge on any atom is 0.210 e. The molecule has 0 fully saturated rings. The molecular weight excluding hydrogens is 128 g/mol. The van der Waals surface area contributed by atoms with E-state index in [0.717, 1.165) is 19.0 Å². The second kappa shape index (κ2) is 2.88. The lowest BCUT2D eigenvalue weighted by Gasteiger charge is -2.23. The molecule has 1 rings (SSSR count). The molecule has 0 aromatic carbocycles. The van der Waals surface area contributed by atoms with E-state index in [-0.39, 0.29) is 0 Å². The van der Waals surface area contributed by atoms with Gasteiger partial charge in [-0.25, -0.2) is 5.43 Å². The highest BCUT2D eigenvalue weighted by Gasteiger charge is 2.14. The van der Waals surface area contributed by atoms with E-state index >= 15 is 0 Å². The normalized spacial score (nSPS) is 17.5. The molecule has 0 spiro atoms. The van der Waals surface area contributed by atoms with Gasteiger partial charge in [-0.1, -0.05) is 0 Å². The van der Waals surface area contributed by atoms with E-state index in [9.17, 15) is 0 Å². The van der Waals surface area contributed by atoms with Crippen LogP contribution < -0.4 is 5.43 Å². The largest absolute Gasteiger partial charge is 0.343 e. The molecule has 1 heterocycles. The molecule has 0 saturated heterocycles. The number of nitrogens with one attached hydrogen (secondary N) is 1. The lowest BCUT2D eigenvalue weighted by atomic mass is 10.6. The number of nitrogens with zero attached hydrogens (tertiary/aromatic N) is 3. The smallest absolute Gasteiger partial charge is 0.210 e. The van der Waals surface area contributed by atoms with Crippen molar-refractivity contribution in [3.63, 3.8) is 0 Å². The quantitative estimate of drug-likeness (QED) is 0.494. The van der Waals surface area contributed by atoms with Crippen LogP contribution in [0.25, 0.3) is 0 Å². The highest BCUT2D eigenvalue weighted by atomic mass is 15.6. The Morgan fingerprint density at radius 2 is 2.40 bits per heavy atom. The molecular formula is C6H14N4. The molecule has 0 radical (unpaired) electrons. The monoisotopic (exact) mass is 142 g/mol. The Bertz CT molecular complexity index is 143. The molecule has 0 bridgehead atoms. The van der Waals surface area contributed by atoms with Crippen LogP contribution in [0.5, 0.6) is 0 Å². The van der Waals surface area contributed by atoms with Crippen LogP contribution in [0.15, 0.2) is 4.99 Å². The molecule has 0 atom stereocenters. The first-order valence-corrected chi connectivity index (χ1v) is 3.42. The predicted molar refractivity (Wildman–Crippen MR) is 41.8 cm³/mol. The molecule has 1 aliphatic rings. The highest BCUT2D eigenvalue weighted by Crippen LogP contribution is 1.98. The number of hydrazine groups is 1. The maximum atomic E-state index is 4.29. The van der Waals surface area contributed by atoms with Gasteiger partial charge in [0.05, 0.1) is 6.54 Å². The predicted octanol–water partition coefficient (Wildman–Crippen LogP) is -0.646. The van der Waals surface area contributed by atoms with Crippen LogP contribution >= 0.6 is 0 Å². The summed E-state index contributed by atoms with van der Waals surface area (Å²) >= 11 is 0. The standard InChI is InChI=1S/C6H14N4/c1-7-10(3)6-8-4-5-9(6)2/h7H,4-5H2,1-3H3. The van der Waals surface area contributed by atoms with E-state index in [4.69, 9.17) is 0 Å². The molecule has 0 saturated carbocycles. The van der Waals surface area contributed by atoms with Crippen LogP contribution in [0.1, 0.15) is 0 Å². The zero-order valence-electron chi connectivity index (χ0n) is 6.76. The van der Waals surface area contributed by atoms with Gasteiger partial charge in [0.2, 0.25) is 5.96 Å². The molecule has 0 aromatic rings. The van der Waals surface area contributed by atoms with Crippen molar-refractivity contribution in [1.29, 1.82) is 0 Å². The number of rotatable bonds is 1. The third-order valence-corrected chi connectivity index (χ3v) is 1.67. The summed E-state index contributed by atoms with van der Waals surface area (Å²) in [5.74, 6) is 1.02. The Morgan fingerprint density at radius 3 is 2.80 bits per heavy atom. The van der Waals surface area contributed by atoms with Crippen molar-refractivity contribution in [2.45, 2.75) is 0 Å². The van der Waals surface area contributed by atoms with Crippen molar-refractivity contribution in [3.8, 4) is 0 Å². The minimum atomic E-state index is 0.915. The van der Waals surface area contributed by atoms with Gasteiger partial charge in [-0.15, -0.1) is 0 Å². The fourth-order valence-electron chi connectivity index (χ4n) is 0.983. The SMILES string of the molecule is CNN(C)C1=NCCN1C. The Kier molecular flexibility index (Phi) is 2.11. The summed E-state index contributed by atoms with van der Waals surface area (Å²) < 4.78 is 0. The van der Waals surface area contributed by atoms with Crippen molar-refractivity contribution in [2.24, 2.45) is 4.99 Å². The Morgan fingerprint density at radius 1 is 1.70 bits per heavy atom. The van der Waals surface area contributed by atoms with Gasteiger partial charge < -0.3 is 4.90 Å². The average molecular weight is 142 g/mol. The Labute approximate surface area is 61.5 Å². The van der Waals surface area contributed by atoms with E-state index in [0.29, 0.717) is 0 Å². The first-order chi connectivity index (χ1) is 4.75. The number of hydrogen-bond acceptors (Lipinski definition) is 4. The minimum absolute atomic E-state index is 0.915. The molecule has 0 aromatic heterocycles. The van der Waals surface area contributed by atoms with Gasteiger partial charge >= 0.3 is 0 Å². The lowest BCUT2D eigenvalue weighted by molar-refractivity contribution is 0.354. The summed E-state index contributed by atoms with van der Waals surface area (Å²) in [4.78, 5) is 6.42. The minimum Gasteiger partial charge on any atom is -0.343 e. The molecule has 10 heavy (non-hydrogen) atoms. The fraction of sp³-hybridized carbons (Fsp3) is 0.833. The molecule has 1 aliphatic heterocycles. The topological polar surface area (TPSA) is 30.9 Å². The van der Waals surface area contributed by atoms with Crippen molar-refractivity contribution in [1.82, 2.24) is 15.3 Å². The van der Waals surface area contributed by atoms with E-state index in [1.165, 1.54) is 0 Å². The van der Waals surface area contributed by atoms with Crippen molar-refractivity contribution in [3.05, 3.63) is 0 Å². The lowest BCUT2D eigenvalue weighted by Crippen LogP contribution is -2.43. The van der Waals surface area contributed by atoms with Crippen molar-refractivity contribution >= 4 is 5.96 Å². The summed E-state index contributed by atoms with van der Waals surface area (Å²) in [5.41, 5.74) is 3.00. The van der Waals surface area contributed by atoms with Gasteiger partial charge in [-0.05, 0) is 0 Å². The number of hydrogen-bond donors (Lipinski definition) is 1. The molecule has 0 amide bonds. The summed E-state index contributed by atoms with van der Waals surface area (Å²) in [7, 11) is 5.88.